The maximum atomic E-state index is 5.88. The number of benzene rings is 1. The first-order chi connectivity index (χ1) is 12.2. The summed E-state index contributed by atoms with van der Waals surface area (Å²) in [6, 6.07) is 7.71. The summed E-state index contributed by atoms with van der Waals surface area (Å²) in [6.45, 7) is 0.676. The minimum atomic E-state index is 0.323. The van der Waals surface area contributed by atoms with Gasteiger partial charge in [-0.1, -0.05) is 0 Å². The molecule has 1 heterocycles. The van der Waals surface area contributed by atoms with Crippen LogP contribution in [0, 0.1) is 17.8 Å². The summed E-state index contributed by atoms with van der Waals surface area (Å²) < 4.78 is 11.1. The highest BCUT2D eigenvalue weighted by Gasteiger charge is 2.50. The van der Waals surface area contributed by atoms with Crippen molar-refractivity contribution in [3.63, 3.8) is 0 Å². The summed E-state index contributed by atoms with van der Waals surface area (Å²) in [4.78, 5) is 0. The second-order valence-electron chi connectivity index (χ2n) is 8.28. The van der Waals surface area contributed by atoms with Crippen LogP contribution < -0.4 is 10.1 Å². The molecule has 5 heteroatoms. The molecule has 0 saturated heterocycles. The molecule has 0 radical (unpaired) electrons. The van der Waals surface area contributed by atoms with Crippen LogP contribution in [-0.2, 0) is 6.54 Å². The second kappa shape index (κ2) is 5.84. The molecule has 2 aromatic rings. The predicted molar refractivity (Wildman–Crippen MR) is 94.0 cm³/mol. The largest absolute Gasteiger partial charge is 0.497 e. The summed E-state index contributed by atoms with van der Waals surface area (Å²) in [5, 5.41) is 12.3. The number of ether oxygens (including phenoxy) is 1. The van der Waals surface area contributed by atoms with Gasteiger partial charge in [0.05, 0.1) is 13.7 Å². The molecule has 1 aromatic heterocycles. The van der Waals surface area contributed by atoms with Crippen LogP contribution in [0.3, 0.4) is 0 Å². The zero-order chi connectivity index (χ0) is 16.9. The van der Waals surface area contributed by atoms with Crippen LogP contribution in [0.5, 0.6) is 5.75 Å². The van der Waals surface area contributed by atoms with E-state index in [9.17, 15) is 0 Å². The highest BCUT2D eigenvalue weighted by molar-refractivity contribution is 5.53. The molecule has 0 amide bonds. The fourth-order valence-corrected chi connectivity index (χ4v) is 5.77. The lowest BCUT2D eigenvalue weighted by atomic mass is 9.53. The van der Waals surface area contributed by atoms with Crippen LogP contribution in [0.4, 0.5) is 0 Å². The first-order valence-corrected chi connectivity index (χ1v) is 9.43. The Kier molecular flexibility index (Phi) is 3.59. The fraction of sp³-hybridized carbons (Fsp3) is 0.600. The predicted octanol–water partition coefficient (Wildman–Crippen LogP) is 3.80. The molecule has 4 fully saturated rings. The molecule has 4 aliphatic rings. The van der Waals surface area contributed by atoms with Crippen molar-refractivity contribution in [2.75, 3.05) is 7.11 Å². The third-order valence-corrected chi connectivity index (χ3v) is 6.46. The molecule has 0 spiro atoms. The van der Waals surface area contributed by atoms with E-state index in [1.807, 2.05) is 24.3 Å². The Morgan fingerprint density at radius 1 is 1.04 bits per heavy atom. The molecule has 4 aliphatic carbocycles. The van der Waals surface area contributed by atoms with Crippen LogP contribution in [0.2, 0.25) is 0 Å². The van der Waals surface area contributed by atoms with Gasteiger partial charge in [-0.2, -0.15) is 0 Å². The van der Waals surface area contributed by atoms with E-state index in [1.165, 1.54) is 38.5 Å². The van der Waals surface area contributed by atoms with E-state index in [0.717, 1.165) is 29.1 Å². The van der Waals surface area contributed by atoms with Gasteiger partial charge in [0.1, 0.15) is 5.75 Å². The fourth-order valence-electron chi connectivity index (χ4n) is 5.77. The van der Waals surface area contributed by atoms with Crippen molar-refractivity contribution < 1.29 is 9.15 Å². The Morgan fingerprint density at radius 3 is 2.28 bits per heavy atom. The van der Waals surface area contributed by atoms with E-state index in [-0.39, 0.29) is 0 Å². The van der Waals surface area contributed by atoms with E-state index in [4.69, 9.17) is 9.15 Å². The summed E-state index contributed by atoms with van der Waals surface area (Å²) >= 11 is 0. The maximum Gasteiger partial charge on any atom is 0.247 e. The molecular formula is C20H25N3O2. The summed E-state index contributed by atoms with van der Waals surface area (Å²) in [5.74, 6) is 4.90. The highest BCUT2D eigenvalue weighted by Crippen LogP contribution is 2.55. The number of hydrogen-bond acceptors (Lipinski definition) is 5. The number of hydrogen-bond donors (Lipinski definition) is 1. The SMILES string of the molecule is COc1ccc(-c2nnc(CNC34CC5CC(CC(C5)C3)C4)o2)cc1. The van der Waals surface area contributed by atoms with Crippen molar-refractivity contribution >= 4 is 0 Å². The summed E-state index contributed by atoms with van der Waals surface area (Å²) in [7, 11) is 1.66. The standard InChI is InChI=1S/C20H25N3O2/c1-24-17-4-2-16(3-5-17)19-23-22-18(25-19)12-21-20-9-13-6-14(10-20)8-15(7-13)11-20/h2-5,13-15,21H,6-12H2,1H3. The van der Waals surface area contributed by atoms with Gasteiger partial charge in [0.15, 0.2) is 0 Å². The van der Waals surface area contributed by atoms with E-state index >= 15 is 0 Å². The molecule has 4 saturated carbocycles. The Labute approximate surface area is 148 Å². The molecule has 132 valence electrons. The highest BCUT2D eigenvalue weighted by atomic mass is 16.5. The summed E-state index contributed by atoms with van der Waals surface area (Å²) in [6.07, 6.45) is 8.38. The minimum absolute atomic E-state index is 0.323. The van der Waals surface area contributed by atoms with Gasteiger partial charge in [-0.25, -0.2) is 0 Å². The number of rotatable bonds is 5. The Hall–Kier alpha value is -1.88. The first-order valence-electron chi connectivity index (χ1n) is 9.43. The smallest absolute Gasteiger partial charge is 0.247 e. The van der Waals surface area contributed by atoms with Gasteiger partial charge in [-0.15, -0.1) is 10.2 Å². The molecule has 5 nitrogen and oxygen atoms in total. The molecule has 6 rings (SSSR count). The lowest BCUT2D eigenvalue weighted by Gasteiger charge is -2.57. The first kappa shape index (κ1) is 15.4. The van der Waals surface area contributed by atoms with Gasteiger partial charge >= 0.3 is 0 Å². The average molecular weight is 339 g/mol. The Balaban J connectivity index is 1.27. The average Bonchev–Trinajstić information content (AvgIpc) is 3.08. The van der Waals surface area contributed by atoms with Crippen LogP contribution >= 0.6 is 0 Å². The minimum Gasteiger partial charge on any atom is -0.497 e. The van der Waals surface area contributed by atoms with Gasteiger partial charge < -0.3 is 14.5 Å². The molecule has 25 heavy (non-hydrogen) atoms. The second-order valence-corrected chi connectivity index (χ2v) is 8.28. The Morgan fingerprint density at radius 2 is 1.68 bits per heavy atom. The van der Waals surface area contributed by atoms with Crippen molar-refractivity contribution in [1.29, 1.82) is 0 Å². The zero-order valence-corrected chi connectivity index (χ0v) is 14.7. The van der Waals surface area contributed by atoms with Gasteiger partial charge in [-0.3, -0.25) is 0 Å². The van der Waals surface area contributed by atoms with Crippen LogP contribution in [0.1, 0.15) is 44.4 Å². The number of aromatic nitrogens is 2. The number of nitrogens with one attached hydrogen (secondary N) is 1. The van der Waals surface area contributed by atoms with Gasteiger partial charge in [0.25, 0.3) is 0 Å². The molecule has 1 N–H and O–H groups in total. The zero-order valence-electron chi connectivity index (χ0n) is 14.7. The number of nitrogens with zero attached hydrogens (tertiary/aromatic N) is 2. The molecule has 0 aliphatic heterocycles. The van der Waals surface area contributed by atoms with Crippen LogP contribution in [0.25, 0.3) is 11.5 Å². The van der Waals surface area contributed by atoms with Gasteiger partial charge in [-0.05, 0) is 80.5 Å². The van der Waals surface area contributed by atoms with Gasteiger partial charge in [0.2, 0.25) is 11.8 Å². The third-order valence-electron chi connectivity index (χ3n) is 6.46. The molecule has 1 aromatic carbocycles. The van der Waals surface area contributed by atoms with Crippen molar-refractivity contribution in [3.05, 3.63) is 30.2 Å². The molecule has 4 bridgehead atoms. The van der Waals surface area contributed by atoms with Crippen molar-refractivity contribution in [3.8, 4) is 17.2 Å². The monoisotopic (exact) mass is 339 g/mol. The van der Waals surface area contributed by atoms with Crippen molar-refractivity contribution in [2.45, 2.75) is 50.6 Å². The number of methoxy groups -OCH3 is 1. The van der Waals surface area contributed by atoms with Gasteiger partial charge in [0, 0.05) is 11.1 Å². The lowest BCUT2D eigenvalue weighted by Crippen LogP contribution is -2.58. The van der Waals surface area contributed by atoms with E-state index in [0.29, 0.717) is 23.9 Å². The molecule has 0 unspecified atom stereocenters. The molecular weight excluding hydrogens is 314 g/mol. The maximum absolute atomic E-state index is 5.88. The normalized spacial score (nSPS) is 32.9. The third kappa shape index (κ3) is 2.84. The molecule has 0 atom stereocenters. The van der Waals surface area contributed by atoms with Crippen molar-refractivity contribution in [1.82, 2.24) is 15.5 Å². The van der Waals surface area contributed by atoms with Crippen molar-refractivity contribution in [2.24, 2.45) is 17.8 Å². The van der Waals surface area contributed by atoms with E-state index < -0.39 is 0 Å². The quantitative estimate of drug-likeness (QED) is 0.898. The Bertz CT molecular complexity index is 717. The van der Waals surface area contributed by atoms with E-state index in [1.54, 1.807) is 7.11 Å². The summed E-state index contributed by atoms with van der Waals surface area (Å²) in [5.41, 5.74) is 1.25. The van der Waals surface area contributed by atoms with Crippen LogP contribution in [0.15, 0.2) is 28.7 Å². The lowest BCUT2D eigenvalue weighted by molar-refractivity contribution is -0.0215. The van der Waals surface area contributed by atoms with E-state index in [2.05, 4.69) is 15.5 Å². The van der Waals surface area contributed by atoms with Crippen LogP contribution in [-0.4, -0.2) is 22.8 Å². The topological polar surface area (TPSA) is 60.2 Å².